The molecule has 1 aliphatic heterocycles. The van der Waals surface area contributed by atoms with Gasteiger partial charge in [-0.15, -0.1) is 5.10 Å². The molecule has 33 heavy (non-hydrogen) atoms. The summed E-state index contributed by atoms with van der Waals surface area (Å²) in [5, 5.41) is 13.7. The van der Waals surface area contributed by atoms with Crippen LogP contribution in [0.15, 0.2) is 54.6 Å². The van der Waals surface area contributed by atoms with Crippen LogP contribution in [0.2, 0.25) is 5.02 Å². The maximum absolute atomic E-state index is 6.22. The number of benzene rings is 2. The molecule has 1 saturated carbocycles. The first-order valence-corrected chi connectivity index (χ1v) is 12.7. The SMILES string of the molecule is Clc1ccc([C@H](c2nnnn2CCc2ccccc2)N2CCN(C3CCCCC3)CC2)cc1. The number of aryl methyl sites for hydroxylation is 2. The summed E-state index contributed by atoms with van der Waals surface area (Å²) < 4.78 is 1.99. The van der Waals surface area contributed by atoms with Gasteiger partial charge in [0, 0.05) is 43.8 Å². The van der Waals surface area contributed by atoms with Crippen LogP contribution in [0.3, 0.4) is 0 Å². The minimum absolute atomic E-state index is 0.0292. The number of nitrogens with zero attached hydrogens (tertiary/aromatic N) is 6. The Hall–Kier alpha value is -2.28. The summed E-state index contributed by atoms with van der Waals surface area (Å²) in [6, 6.07) is 19.5. The van der Waals surface area contributed by atoms with Crippen molar-refractivity contribution < 1.29 is 0 Å². The Morgan fingerprint density at radius 2 is 1.61 bits per heavy atom. The Morgan fingerprint density at radius 1 is 0.879 bits per heavy atom. The van der Waals surface area contributed by atoms with Gasteiger partial charge in [0.25, 0.3) is 0 Å². The lowest BCUT2D eigenvalue weighted by Crippen LogP contribution is -2.52. The first-order valence-electron chi connectivity index (χ1n) is 12.3. The Balaban J connectivity index is 1.35. The van der Waals surface area contributed by atoms with Crippen molar-refractivity contribution >= 4 is 11.6 Å². The van der Waals surface area contributed by atoms with E-state index < -0.39 is 0 Å². The van der Waals surface area contributed by atoms with Gasteiger partial charge in [0.2, 0.25) is 0 Å². The summed E-state index contributed by atoms with van der Waals surface area (Å²) in [6.45, 7) is 5.03. The normalized spacial score (nSPS) is 19.5. The van der Waals surface area contributed by atoms with Crippen molar-refractivity contribution in [3.05, 3.63) is 76.6 Å². The van der Waals surface area contributed by atoms with E-state index in [2.05, 4.69) is 67.8 Å². The highest BCUT2D eigenvalue weighted by Gasteiger charge is 2.32. The molecule has 2 heterocycles. The fourth-order valence-corrected chi connectivity index (χ4v) is 5.55. The van der Waals surface area contributed by atoms with Crippen LogP contribution in [0, 0.1) is 0 Å². The minimum Gasteiger partial charge on any atom is -0.298 e. The zero-order chi connectivity index (χ0) is 22.5. The molecule has 1 saturated heterocycles. The molecule has 7 heteroatoms. The van der Waals surface area contributed by atoms with Crippen molar-refractivity contribution in [2.24, 2.45) is 0 Å². The second-order valence-electron chi connectivity index (χ2n) is 9.31. The van der Waals surface area contributed by atoms with Crippen LogP contribution in [0.5, 0.6) is 0 Å². The third-order valence-corrected chi connectivity index (χ3v) is 7.50. The predicted molar refractivity (Wildman–Crippen MR) is 131 cm³/mol. The number of hydrogen-bond acceptors (Lipinski definition) is 5. The van der Waals surface area contributed by atoms with Gasteiger partial charge in [-0.3, -0.25) is 9.80 Å². The first kappa shape index (κ1) is 22.5. The van der Waals surface area contributed by atoms with E-state index in [1.54, 1.807) is 0 Å². The molecule has 0 bridgehead atoms. The molecule has 1 aliphatic carbocycles. The van der Waals surface area contributed by atoms with E-state index in [9.17, 15) is 0 Å². The predicted octanol–water partition coefficient (Wildman–Crippen LogP) is 4.61. The van der Waals surface area contributed by atoms with E-state index in [0.29, 0.717) is 0 Å². The van der Waals surface area contributed by atoms with Crippen LogP contribution in [-0.2, 0) is 13.0 Å². The summed E-state index contributed by atoms with van der Waals surface area (Å²) in [5.41, 5.74) is 2.49. The maximum Gasteiger partial charge on any atom is 0.173 e. The van der Waals surface area contributed by atoms with E-state index in [1.165, 1.54) is 43.2 Å². The third kappa shape index (κ3) is 5.45. The molecule has 0 unspecified atom stereocenters. The number of rotatable bonds is 7. The average Bonchev–Trinajstić information content (AvgIpc) is 3.34. The van der Waals surface area contributed by atoms with Crippen LogP contribution in [0.1, 0.15) is 55.1 Å². The Bertz CT molecular complexity index is 991. The van der Waals surface area contributed by atoms with E-state index in [4.69, 9.17) is 11.6 Å². The molecular weight excluding hydrogens is 432 g/mol. The molecule has 0 spiro atoms. The quantitative estimate of drug-likeness (QED) is 0.511. The lowest BCUT2D eigenvalue weighted by molar-refractivity contribution is 0.0619. The van der Waals surface area contributed by atoms with E-state index in [0.717, 1.165) is 56.0 Å². The molecule has 2 aromatic carbocycles. The summed E-state index contributed by atoms with van der Waals surface area (Å²) >= 11 is 6.22. The van der Waals surface area contributed by atoms with Gasteiger partial charge in [0.05, 0.1) is 6.04 Å². The van der Waals surface area contributed by atoms with Gasteiger partial charge in [-0.1, -0.05) is 73.3 Å². The van der Waals surface area contributed by atoms with Crippen LogP contribution in [-0.4, -0.2) is 62.2 Å². The molecule has 1 atom stereocenters. The minimum atomic E-state index is 0.0292. The second kappa shape index (κ2) is 10.8. The molecule has 5 rings (SSSR count). The number of hydrogen-bond donors (Lipinski definition) is 0. The van der Waals surface area contributed by atoms with Gasteiger partial charge in [-0.05, 0) is 52.9 Å². The molecule has 6 nitrogen and oxygen atoms in total. The van der Waals surface area contributed by atoms with Gasteiger partial charge in [-0.25, -0.2) is 4.68 Å². The lowest BCUT2D eigenvalue weighted by Gasteiger charge is -2.43. The zero-order valence-corrected chi connectivity index (χ0v) is 19.9. The monoisotopic (exact) mass is 464 g/mol. The van der Waals surface area contributed by atoms with Crippen molar-refractivity contribution in [3.8, 4) is 0 Å². The summed E-state index contributed by atoms with van der Waals surface area (Å²) in [4.78, 5) is 5.26. The van der Waals surface area contributed by atoms with Gasteiger partial charge in [-0.2, -0.15) is 0 Å². The summed E-state index contributed by atoms with van der Waals surface area (Å²) in [6.07, 6.45) is 7.79. The van der Waals surface area contributed by atoms with Gasteiger partial charge in [0.1, 0.15) is 0 Å². The highest BCUT2D eigenvalue weighted by molar-refractivity contribution is 6.30. The summed E-state index contributed by atoms with van der Waals surface area (Å²) in [5.74, 6) is 0.916. The van der Waals surface area contributed by atoms with E-state index >= 15 is 0 Å². The van der Waals surface area contributed by atoms with E-state index in [1.807, 2.05) is 16.8 Å². The fourth-order valence-electron chi connectivity index (χ4n) is 5.42. The molecule has 174 valence electrons. The molecule has 1 aromatic heterocycles. The highest BCUT2D eigenvalue weighted by Crippen LogP contribution is 2.31. The van der Waals surface area contributed by atoms with Crippen molar-refractivity contribution in [1.29, 1.82) is 0 Å². The van der Waals surface area contributed by atoms with Crippen LogP contribution < -0.4 is 0 Å². The van der Waals surface area contributed by atoms with Gasteiger partial charge >= 0.3 is 0 Å². The van der Waals surface area contributed by atoms with Crippen LogP contribution in [0.25, 0.3) is 0 Å². The first-order chi connectivity index (χ1) is 16.3. The maximum atomic E-state index is 6.22. The Morgan fingerprint density at radius 3 is 2.33 bits per heavy atom. The molecule has 2 aliphatic rings. The largest absolute Gasteiger partial charge is 0.298 e. The molecule has 3 aromatic rings. The molecular formula is C26H33ClN6. The van der Waals surface area contributed by atoms with Crippen LogP contribution >= 0.6 is 11.6 Å². The number of aromatic nitrogens is 4. The Kier molecular flexibility index (Phi) is 7.34. The second-order valence-corrected chi connectivity index (χ2v) is 9.75. The lowest BCUT2D eigenvalue weighted by atomic mass is 9.93. The third-order valence-electron chi connectivity index (χ3n) is 7.25. The Labute approximate surface area is 201 Å². The van der Waals surface area contributed by atoms with Crippen LogP contribution in [0.4, 0.5) is 0 Å². The number of halogens is 1. The van der Waals surface area contributed by atoms with Crippen molar-refractivity contribution in [2.75, 3.05) is 26.2 Å². The topological polar surface area (TPSA) is 50.1 Å². The van der Waals surface area contributed by atoms with Crippen molar-refractivity contribution in [1.82, 2.24) is 30.0 Å². The number of tetrazole rings is 1. The van der Waals surface area contributed by atoms with Gasteiger partial charge in [0.15, 0.2) is 5.82 Å². The fraction of sp³-hybridized carbons (Fsp3) is 0.500. The van der Waals surface area contributed by atoms with E-state index in [-0.39, 0.29) is 6.04 Å². The molecule has 2 fully saturated rings. The zero-order valence-electron chi connectivity index (χ0n) is 19.2. The molecule has 0 N–H and O–H groups in total. The summed E-state index contributed by atoms with van der Waals surface area (Å²) in [7, 11) is 0. The van der Waals surface area contributed by atoms with Gasteiger partial charge < -0.3 is 0 Å². The smallest absolute Gasteiger partial charge is 0.173 e. The molecule has 0 radical (unpaired) electrons. The standard InChI is InChI=1S/C26H33ClN6/c27-23-13-11-22(12-14-23)25(32-19-17-31(18-20-32)24-9-5-2-6-10-24)26-28-29-30-33(26)16-15-21-7-3-1-4-8-21/h1,3-4,7-8,11-14,24-25H,2,5-6,9-10,15-20H2/t25-/m1/s1. The molecule has 0 amide bonds. The van der Waals surface area contributed by atoms with Crippen molar-refractivity contribution in [2.45, 2.75) is 57.2 Å². The average molecular weight is 465 g/mol. The van der Waals surface area contributed by atoms with Crippen molar-refractivity contribution in [3.63, 3.8) is 0 Å². The highest BCUT2D eigenvalue weighted by atomic mass is 35.5. The number of piperazine rings is 1.